The van der Waals surface area contributed by atoms with E-state index in [9.17, 15) is 4.39 Å². The Morgan fingerprint density at radius 2 is 2.09 bits per heavy atom. The number of likely N-dealkylation sites (N-methyl/N-ethyl adjacent to an activating group) is 1. The molecule has 5 heteroatoms. The molecule has 2 aliphatic rings. The summed E-state index contributed by atoms with van der Waals surface area (Å²) in [5.74, 6) is 1.61. The Morgan fingerprint density at radius 1 is 1.26 bits per heavy atom. The first-order chi connectivity index (χ1) is 11.0. The van der Waals surface area contributed by atoms with Gasteiger partial charge in [-0.3, -0.25) is 4.90 Å². The molecule has 3 heterocycles. The smallest absolute Gasteiger partial charge is 0.231 e. The average Bonchev–Trinajstić information content (AvgIpc) is 3.03. The van der Waals surface area contributed by atoms with Crippen LogP contribution in [0.4, 0.5) is 4.39 Å². The van der Waals surface area contributed by atoms with Gasteiger partial charge in [-0.2, -0.15) is 4.98 Å². The zero-order chi connectivity index (χ0) is 16.1. The second-order valence-electron chi connectivity index (χ2n) is 7.02. The fourth-order valence-electron chi connectivity index (χ4n) is 4.43. The highest BCUT2D eigenvalue weighted by Gasteiger charge is 2.48. The molecule has 0 radical (unpaired) electrons. The highest BCUT2D eigenvalue weighted by molar-refractivity contribution is 5.31. The normalized spacial score (nSPS) is 30.8. The lowest BCUT2D eigenvalue weighted by Gasteiger charge is -2.41. The summed E-state index contributed by atoms with van der Waals surface area (Å²) < 4.78 is 19.6. The number of nitrogens with zero attached hydrogens (tertiary/aromatic N) is 3. The molecule has 2 fully saturated rings. The molecule has 0 spiro atoms. The van der Waals surface area contributed by atoms with E-state index >= 15 is 0 Å². The molecular formula is C18H22FN3O. The number of hydrogen-bond acceptors (Lipinski definition) is 4. The van der Waals surface area contributed by atoms with Gasteiger partial charge in [-0.05, 0) is 63.3 Å². The third kappa shape index (κ3) is 2.38. The number of fused-ring (bicyclic) bond motifs is 2. The standard InChI is InChI=1S/C18H22FN3O/c1-10-4-5-12(8-15(10)19)14-9-13-6-7-16(22(13)3)17(14)18-20-11(2)21-23-18/h4-5,8,13-14,16-17H,6-7,9H2,1-3H3/t13-,14-,16+,17-/m0/s1. The minimum Gasteiger partial charge on any atom is -0.339 e. The van der Waals surface area contributed by atoms with E-state index in [0.717, 1.165) is 18.4 Å². The fourth-order valence-corrected chi connectivity index (χ4v) is 4.43. The van der Waals surface area contributed by atoms with Crippen molar-refractivity contribution in [2.45, 2.75) is 57.0 Å². The van der Waals surface area contributed by atoms with Crippen molar-refractivity contribution in [1.82, 2.24) is 15.0 Å². The van der Waals surface area contributed by atoms with Crippen LogP contribution in [0.3, 0.4) is 0 Å². The van der Waals surface area contributed by atoms with Crippen LogP contribution in [-0.4, -0.2) is 34.2 Å². The van der Waals surface area contributed by atoms with Gasteiger partial charge in [-0.15, -0.1) is 0 Å². The van der Waals surface area contributed by atoms with E-state index in [1.165, 1.54) is 6.42 Å². The maximum atomic E-state index is 14.1. The molecule has 122 valence electrons. The van der Waals surface area contributed by atoms with E-state index < -0.39 is 0 Å². The van der Waals surface area contributed by atoms with Gasteiger partial charge in [0.2, 0.25) is 5.89 Å². The number of halogens is 1. The second kappa shape index (κ2) is 5.41. The number of rotatable bonds is 2. The molecule has 2 aliphatic heterocycles. The van der Waals surface area contributed by atoms with Crippen molar-refractivity contribution in [3.05, 3.63) is 46.9 Å². The van der Waals surface area contributed by atoms with Gasteiger partial charge in [0.05, 0.1) is 5.92 Å². The van der Waals surface area contributed by atoms with Crippen LogP contribution in [0.15, 0.2) is 22.7 Å². The lowest BCUT2D eigenvalue weighted by molar-refractivity contribution is 0.119. The minimum atomic E-state index is -0.130. The molecule has 2 saturated heterocycles. The van der Waals surface area contributed by atoms with E-state index in [1.807, 2.05) is 13.0 Å². The lowest BCUT2D eigenvalue weighted by Crippen LogP contribution is -2.44. The van der Waals surface area contributed by atoms with Crippen LogP contribution >= 0.6 is 0 Å². The monoisotopic (exact) mass is 315 g/mol. The van der Waals surface area contributed by atoms with Crippen LogP contribution in [0.1, 0.15) is 53.9 Å². The fraction of sp³-hybridized carbons (Fsp3) is 0.556. The van der Waals surface area contributed by atoms with Gasteiger partial charge >= 0.3 is 0 Å². The molecule has 4 rings (SSSR count). The Bertz CT molecular complexity index is 729. The van der Waals surface area contributed by atoms with Crippen LogP contribution in [0, 0.1) is 19.7 Å². The van der Waals surface area contributed by atoms with Crippen molar-refractivity contribution >= 4 is 0 Å². The van der Waals surface area contributed by atoms with E-state index in [1.54, 1.807) is 13.0 Å². The summed E-state index contributed by atoms with van der Waals surface area (Å²) >= 11 is 0. The van der Waals surface area contributed by atoms with E-state index in [-0.39, 0.29) is 17.7 Å². The van der Waals surface area contributed by atoms with Crippen molar-refractivity contribution < 1.29 is 8.91 Å². The first-order valence-electron chi connectivity index (χ1n) is 8.33. The Morgan fingerprint density at radius 3 is 2.78 bits per heavy atom. The molecule has 1 aromatic carbocycles. The molecule has 4 atom stereocenters. The molecular weight excluding hydrogens is 293 g/mol. The van der Waals surface area contributed by atoms with Crippen molar-refractivity contribution in [2.24, 2.45) is 0 Å². The zero-order valence-corrected chi connectivity index (χ0v) is 13.8. The summed E-state index contributed by atoms with van der Waals surface area (Å²) in [6.45, 7) is 3.65. The molecule has 2 aromatic rings. The Balaban J connectivity index is 1.77. The zero-order valence-electron chi connectivity index (χ0n) is 13.8. The first kappa shape index (κ1) is 14.8. The van der Waals surface area contributed by atoms with Gasteiger partial charge in [0, 0.05) is 12.1 Å². The Hall–Kier alpha value is -1.75. The molecule has 4 nitrogen and oxygen atoms in total. The Kier molecular flexibility index (Phi) is 3.48. The van der Waals surface area contributed by atoms with E-state index in [0.29, 0.717) is 29.4 Å². The summed E-state index contributed by atoms with van der Waals surface area (Å²) in [4.78, 5) is 6.95. The predicted octanol–water partition coefficient (Wildman–Crippen LogP) is 3.56. The quantitative estimate of drug-likeness (QED) is 0.850. The summed E-state index contributed by atoms with van der Waals surface area (Å²) in [5, 5.41) is 3.98. The van der Waals surface area contributed by atoms with E-state index in [4.69, 9.17) is 4.52 Å². The molecule has 0 N–H and O–H groups in total. The van der Waals surface area contributed by atoms with Gasteiger partial charge in [0.15, 0.2) is 5.82 Å². The van der Waals surface area contributed by atoms with Gasteiger partial charge in [0.25, 0.3) is 0 Å². The van der Waals surface area contributed by atoms with Crippen LogP contribution in [0.5, 0.6) is 0 Å². The third-order valence-corrected chi connectivity index (χ3v) is 5.72. The van der Waals surface area contributed by atoms with Crippen molar-refractivity contribution in [2.75, 3.05) is 7.05 Å². The molecule has 23 heavy (non-hydrogen) atoms. The predicted molar refractivity (Wildman–Crippen MR) is 84.8 cm³/mol. The summed E-state index contributed by atoms with van der Waals surface area (Å²) in [5.41, 5.74) is 1.74. The lowest BCUT2D eigenvalue weighted by atomic mass is 9.76. The van der Waals surface area contributed by atoms with Crippen molar-refractivity contribution in [3.8, 4) is 0 Å². The highest BCUT2D eigenvalue weighted by atomic mass is 19.1. The number of aryl methyl sites for hydroxylation is 2. The van der Waals surface area contributed by atoms with Gasteiger partial charge in [-0.25, -0.2) is 4.39 Å². The van der Waals surface area contributed by atoms with Crippen LogP contribution in [0.2, 0.25) is 0 Å². The number of piperidine rings is 1. The second-order valence-corrected chi connectivity index (χ2v) is 7.02. The number of benzene rings is 1. The molecule has 2 bridgehead atoms. The minimum absolute atomic E-state index is 0.130. The van der Waals surface area contributed by atoms with Crippen molar-refractivity contribution in [3.63, 3.8) is 0 Å². The van der Waals surface area contributed by atoms with Crippen LogP contribution in [-0.2, 0) is 0 Å². The Labute approximate surface area is 135 Å². The molecule has 0 saturated carbocycles. The van der Waals surface area contributed by atoms with Crippen molar-refractivity contribution in [1.29, 1.82) is 0 Å². The molecule has 0 amide bonds. The number of aromatic nitrogens is 2. The van der Waals surface area contributed by atoms with E-state index in [2.05, 4.69) is 28.2 Å². The maximum absolute atomic E-state index is 14.1. The van der Waals surface area contributed by atoms with Gasteiger partial charge in [-0.1, -0.05) is 17.3 Å². The highest BCUT2D eigenvalue weighted by Crippen LogP contribution is 2.50. The number of hydrogen-bond donors (Lipinski definition) is 0. The molecule has 1 aromatic heterocycles. The SMILES string of the molecule is Cc1noc([C@@H]2[C@H]3CC[C@@H](C[C@H]2c2ccc(C)c(F)c2)N3C)n1. The molecule has 0 unspecified atom stereocenters. The largest absolute Gasteiger partial charge is 0.339 e. The molecule has 0 aliphatic carbocycles. The van der Waals surface area contributed by atoms with Gasteiger partial charge < -0.3 is 4.52 Å². The third-order valence-electron chi connectivity index (χ3n) is 5.72. The van der Waals surface area contributed by atoms with Crippen LogP contribution < -0.4 is 0 Å². The van der Waals surface area contributed by atoms with Gasteiger partial charge in [0.1, 0.15) is 5.82 Å². The summed E-state index contributed by atoms with van der Waals surface area (Å²) in [6, 6.07) is 6.59. The van der Waals surface area contributed by atoms with Crippen LogP contribution in [0.25, 0.3) is 0 Å². The summed E-state index contributed by atoms with van der Waals surface area (Å²) in [6.07, 6.45) is 3.34. The topological polar surface area (TPSA) is 42.2 Å². The summed E-state index contributed by atoms with van der Waals surface area (Å²) in [7, 11) is 2.19. The maximum Gasteiger partial charge on any atom is 0.231 e. The first-order valence-corrected chi connectivity index (χ1v) is 8.33. The average molecular weight is 315 g/mol.